The van der Waals surface area contributed by atoms with Crippen LogP contribution in [-0.2, 0) is 6.42 Å². The number of hydrogen-bond acceptors (Lipinski definition) is 5. The van der Waals surface area contributed by atoms with Crippen LogP contribution in [0.15, 0.2) is 29.1 Å². The fraction of sp³-hybridized carbons (Fsp3) is 0.471. The van der Waals surface area contributed by atoms with Gasteiger partial charge in [-0.2, -0.15) is 4.68 Å². The van der Waals surface area contributed by atoms with E-state index in [0.29, 0.717) is 12.2 Å². The number of rotatable bonds is 6. The summed E-state index contributed by atoms with van der Waals surface area (Å²) >= 11 is 0. The Morgan fingerprint density at radius 3 is 2.44 bits per heavy atom. The van der Waals surface area contributed by atoms with Gasteiger partial charge in [-0.1, -0.05) is 12.1 Å². The lowest BCUT2D eigenvalue weighted by Crippen LogP contribution is -2.49. The third kappa shape index (κ3) is 4.40. The molecule has 0 fully saturated rings. The van der Waals surface area contributed by atoms with Gasteiger partial charge in [0.05, 0.1) is 7.11 Å². The summed E-state index contributed by atoms with van der Waals surface area (Å²) in [5, 5.41) is 6.85. The number of nitrogens with one attached hydrogen (secondary N) is 2. The van der Waals surface area contributed by atoms with Crippen LogP contribution in [0.4, 0.5) is 4.79 Å². The molecule has 8 nitrogen and oxygen atoms in total. The van der Waals surface area contributed by atoms with Gasteiger partial charge in [0, 0.05) is 12.6 Å². The number of methoxy groups -OCH3 is 1. The number of amides is 1. The minimum absolute atomic E-state index is 0.415. The second-order valence-corrected chi connectivity index (χ2v) is 6.46. The summed E-state index contributed by atoms with van der Waals surface area (Å²) in [5.74, 6) is 1.23. The molecule has 1 aromatic heterocycles. The third-order valence-corrected chi connectivity index (χ3v) is 4.00. The van der Waals surface area contributed by atoms with Gasteiger partial charge in [-0.15, -0.1) is 9.78 Å². The van der Waals surface area contributed by atoms with Crippen LogP contribution in [0.5, 0.6) is 5.75 Å². The quantitative estimate of drug-likeness (QED) is 0.826. The van der Waals surface area contributed by atoms with Crippen molar-refractivity contribution in [3.05, 3.63) is 46.1 Å². The van der Waals surface area contributed by atoms with E-state index in [1.54, 1.807) is 21.1 Å². The van der Waals surface area contributed by atoms with Gasteiger partial charge in [-0.25, -0.2) is 9.59 Å². The molecule has 25 heavy (non-hydrogen) atoms. The first kappa shape index (κ1) is 18.6. The summed E-state index contributed by atoms with van der Waals surface area (Å²) in [4.78, 5) is 24.5. The standard InChI is InChI=1S/C17H25N5O3/c1-12-20-22(16(24)21(12)18-4)15(23)19-17(2,3)11-10-13-6-8-14(25-5)9-7-13/h6-9,18H,10-11H2,1-5H3,(H,19,23). The number of nitrogens with zero attached hydrogens (tertiary/aromatic N) is 3. The molecule has 1 amide bonds. The van der Waals surface area contributed by atoms with E-state index >= 15 is 0 Å². The minimum Gasteiger partial charge on any atom is -0.497 e. The molecule has 8 heteroatoms. The summed E-state index contributed by atoms with van der Waals surface area (Å²) in [6.45, 7) is 5.49. The summed E-state index contributed by atoms with van der Waals surface area (Å²) in [6.07, 6.45) is 1.50. The van der Waals surface area contributed by atoms with Gasteiger partial charge in [0.2, 0.25) is 0 Å². The van der Waals surface area contributed by atoms with E-state index in [2.05, 4.69) is 15.8 Å². The van der Waals surface area contributed by atoms with Crippen molar-refractivity contribution < 1.29 is 9.53 Å². The molecule has 2 aromatic rings. The van der Waals surface area contributed by atoms with Crippen LogP contribution in [0.25, 0.3) is 0 Å². The first-order valence-corrected chi connectivity index (χ1v) is 8.09. The number of hydrogen-bond donors (Lipinski definition) is 2. The van der Waals surface area contributed by atoms with Crippen molar-refractivity contribution in [3.63, 3.8) is 0 Å². The number of benzene rings is 1. The molecule has 0 saturated carbocycles. The van der Waals surface area contributed by atoms with Crippen LogP contribution < -0.4 is 21.2 Å². The van der Waals surface area contributed by atoms with Crippen LogP contribution in [0.3, 0.4) is 0 Å². The lowest BCUT2D eigenvalue weighted by atomic mass is 9.95. The van der Waals surface area contributed by atoms with E-state index in [4.69, 9.17) is 4.74 Å². The second-order valence-electron chi connectivity index (χ2n) is 6.46. The Balaban J connectivity index is 2.02. The van der Waals surface area contributed by atoms with E-state index in [-0.39, 0.29) is 0 Å². The largest absolute Gasteiger partial charge is 0.497 e. The van der Waals surface area contributed by atoms with Crippen molar-refractivity contribution in [2.45, 2.75) is 39.2 Å². The van der Waals surface area contributed by atoms with Crippen molar-refractivity contribution in [1.82, 2.24) is 19.8 Å². The predicted molar refractivity (Wildman–Crippen MR) is 95.8 cm³/mol. The molecule has 136 valence electrons. The molecule has 1 aromatic carbocycles. The molecule has 0 aliphatic carbocycles. The monoisotopic (exact) mass is 347 g/mol. The van der Waals surface area contributed by atoms with Gasteiger partial charge < -0.3 is 15.5 Å². The van der Waals surface area contributed by atoms with Crippen LogP contribution >= 0.6 is 0 Å². The normalized spacial score (nSPS) is 11.2. The van der Waals surface area contributed by atoms with Crippen LogP contribution in [0, 0.1) is 6.92 Å². The fourth-order valence-corrected chi connectivity index (χ4v) is 2.51. The maximum absolute atomic E-state index is 12.4. The Labute approximate surface area is 146 Å². The highest BCUT2D eigenvalue weighted by atomic mass is 16.5. The zero-order valence-electron chi connectivity index (χ0n) is 15.3. The molecular formula is C17H25N5O3. The number of carbonyl (C=O) groups is 1. The highest BCUT2D eigenvalue weighted by Gasteiger charge is 2.24. The molecule has 0 aliphatic rings. The molecule has 0 unspecified atom stereocenters. The zero-order chi connectivity index (χ0) is 18.6. The van der Waals surface area contributed by atoms with Crippen molar-refractivity contribution in [3.8, 4) is 5.75 Å². The molecule has 0 atom stereocenters. The van der Waals surface area contributed by atoms with Gasteiger partial charge in [0.15, 0.2) is 5.82 Å². The predicted octanol–water partition coefficient (Wildman–Crippen LogP) is 1.50. The molecule has 0 saturated heterocycles. The van der Waals surface area contributed by atoms with Crippen molar-refractivity contribution >= 4 is 6.03 Å². The number of aryl methyl sites for hydroxylation is 2. The van der Waals surface area contributed by atoms with Gasteiger partial charge in [0.25, 0.3) is 0 Å². The maximum Gasteiger partial charge on any atom is 0.373 e. The van der Waals surface area contributed by atoms with Gasteiger partial charge in [0.1, 0.15) is 5.75 Å². The van der Waals surface area contributed by atoms with Crippen LogP contribution in [-0.4, -0.2) is 40.2 Å². The lowest BCUT2D eigenvalue weighted by molar-refractivity contribution is 0.225. The van der Waals surface area contributed by atoms with Crippen LogP contribution in [0.2, 0.25) is 0 Å². The Morgan fingerprint density at radius 2 is 1.92 bits per heavy atom. The van der Waals surface area contributed by atoms with E-state index in [9.17, 15) is 9.59 Å². The number of ether oxygens (including phenoxy) is 1. The fourth-order valence-electron chi connectivity index (χ4n) is 2.51. The molecule has 0 spiro atoms. The van der Waals surface area contributed by atoms with E-state index < -0.39 is 17.3 Å². The Morgan fingerprint density at radius 1 is 1.28 bits per heavy atom. The first-order valence-electron chi connectivity index (χ1n) is 8.09. The average molecular weight is 347 g/mol. The van der Waals surface area contributed by atoms with Gasteiger partial charge in [-0.05, 0) is 51.3 Å². The summed E-state index contributed by atoms with van der Waals surface area (Å²) in [7, 11) is 3.23. The van der Waals surface area contributed by atoms with E-state index in [1.807, 2.05) is 38.1 Å². The topological polar surface area (TPSA) is 90.2 Å². The third-order valence-electron chi connectivity index (χ3n) is 4.00. The summed E-state index contributed by atoms with van der Waals surface area (Å²) < 4.78 is 7.19. The van der Waals surface area contributed by atoms with E-state index in [1.165, 1.54) is 4.68 Å². The Kier molecular flexibility index (Phi) is 5.51. The van der Waals surface area contributed by atoms with Crippen molar-refractivity contribution in [2.75, 3.05) is 19.6 Å². The second kappa shape index (κ2) is 7.42. The van der Waals surface area contributed by atoms with E-state index in [0.717, 1.165) is 22.4 Å². The SMILES string of the molecule is CNn1c(C)nn(C(=O)NC(C)(C)CCc2ccc(OC)cc2)c1=O. The van der Waals surface area contributed by atoms with Crippen LogP contribution in [0.1, 0.15) is 31.7 Å². The molecule has 0 bridgehead atoms. The summed E-state index contributed by atoms with van der Waals surface area (Å²) in [5.41, 5.74) is 2.82. The number of carbonyl (C=O) groups excluding carboxylic acids is 1. The van der Waals surface area contributed by atoms with Crippen molar-refractivity contribution in [2.24, 2.45) is 0 Å². The first-order chi connectivity index (χ1) is 11.8. The lowest BCUT2D eigenvalue weighted by Gasteiger charge is -2.25. The molecular weight excluding hydrogens is 322 g/mol. The highest BCUT2D eigenvalue weighted by molar-refractivity contribution is 5.76. The molecule has 1 heterocycles. The minimum atomic E-state index is -0.540. The summed E-state index contributed by atoms with van der Waals surface area (Å²) in [6, 6.07) is 7.28. The van der Waals surface area contributed by atoms with Gasteiger partial charge in [-0.3, -0.25) is 0 Å². The molecule has 0 aliphatic heterocycles. The average Bonchev–Trinajstić information content (AvgIpc) is 2.87. The van der Waals surface area contributed by atoms with Gasteiger partial charge >= 0.3 is 11.7 Å². The Bertz CT molecular complexity index is 790. The zero-order valence-corrected chi connectivity index (χ0v) is 15.3. The molecule has 2 N–H and O–H groups in total. The maximum atomic E-state index is 12.4. The van der Waals surface area contributed by atoms with Crippen molar-refractivity contribution in [1.29, 1.82) is 0 Å². The smallest absolute Gasteiger partial charge is 0.373 e. The number of aromatic nitrogens is 3. The highest BCUT2D eigenvalue weighted by Crippen LogP contribution is 2.17. The Hall–Kier alpha value is -2.77. The molecule has 0 radical (unpaired) electrons. The molecule has 2 rings (SSSR count).